The zero-order valence-corrected chi connectivity index (χ0v) is 9.35. The van der Waals surface area contributed by atoms with Crippen LogP contribution in [0.1, 0.15) is 0 Å². The maximum absolute atomic E-state index is 13.0. The average molecular weight is 309 g/mol. The summed E-state index contributed by atoms with van der Waals surface area (Å²) in [6, 6.07) is 0.567. The molecular weight excluding hydrogens is 308 g/mol. The van der Waals surface area contributed by atoms with Crippen LogP contribution in [0.4, 0.5) is 12.7 Å². The average Bonchev–Trinajstić information content (AvgIpc) is 1.97. The first-order chi connectivity index (χ1) is 6.25. The maximum atomic E-state index is 13.0. The molecule has 0 atom stereocenters. The Bertz CT molecular complexity index is 488. The standard InChI is InChI=1S/C6HBrClF3O2S/c7-2-1-3(9)4(8)5(10)6(2)14(11,12)13/h1H. The molecule has 0 spiro atoms. The zero-order chi connectivity index (χ0) is 11.1. The lowest BCUT2D eigenvalue weighted by Gasteiger charge is -2.03. The van der Waals surface area contributed by atoms with Gasteiger partial charge in [0.05, 0.1) is 0 Å². The van der Waals surface area contributed by atoms with Gasteiger partial charge in [-0.25, -0.2) is 8.78 Å². The van der Waals surface area contributed by atoms with Gasteiger partial charge in [-0.15, -0.1) is 3.89 Å². The summed E-state index contributed by atoms with van der Waals surface area (Å²) in [6.07, 6.45) is 0. The van der Waals surface area contributed by atoms with E-state index in [-0.39, 0.29) is 0 Å². The molecule has 2 nitrogen and oxygen atoms in total. The Labute approximate surface area is 91.0 Å². The molecule has 0 heterocycles. The molecule has 78 valence electrons. The van der Waals surface area contributed by atoms with E-state index in [1.165, 1.54) is 0 Å². The minimum absolute atomic E-state index is 0.556. The van der Waals surface area contributed by atoms with Crippen LogP contribution in [-0.4, -0.2) is 8.42 Å². The molecule has 0 aliphatic rings. The van der Waals surface area contributed by atoms with Crippen molar-refractivity contribution in [3.8, 4) is 0 Å². The first kappa shape index (κ1) is 11.8. The van der Waals surface area contributed by atoms with Crippen LogP contribution in [0, 0.1) is 11.6 Å². The van der Waals surface area contributed by atoms with Gasteiger partial charge in [-0.2, -0.15) is 8.42 Å². The van der Waals surface area contributed by atoms with Crippen LogP contribution >= 0.6 is 27.5 Å². The van der Waals surface area contributed by atoms with Crippen molar-refractivity contribution in [1.29, 1.82) is 0 Å². The minimum Gasteiger partial charge on any atom is -0.205 e. The molecule has 1 aromatic carbocycles. The normalized spacial score (nSPS) is 11.8. The highest BCUT2D eigenvalue weighted by Gasteiger charge is 2.26. The Hall–Kier alpha value is -0.270. The highest BCUT2D eigenvalue weighted by Crippen LogP contribution is 2.32. The number of benzene rings is 1. The quantitative estimate of drug-likeness (QED) is 0.454. The number of hydrogen-bond donors (Lipinski definition) is 0. The van der Waals surface area contributed by atoms with Gasteiger partial charge in [0, 0.05) is 4.47 Å². The third-order valence-corrected chi connectivity index (χ3v) is 3.44. The van der Waals surface area contributed by atoms with Gasteiger partial charge < -0.3 is 0 Å². The minimum atomic E-state index is -5.28. The van der Waals surface area contributed by atoms with Crippen LogP contribution in [-0.2, 0) is 10.2 Å². The Kier molecular flexibility index (Phi) is 3.13. The lowest BCUT2D eigenvalue weighted by molar-refractivity contribution is 0.524. The molecule has 0 radical (unpaired) electrons. The molecule has 1 aromatic rings. The van der Waals surface area contributed by atoms with E-state index in [2.05, 4.69) is 15.9 Å². The summed E-state index contributed by atoms with van der Waals surface area (Å²) in [5.74, 6) is -2.83. The van der Waals surface area contributed by atoms with Gasteiger partial charge in [-0.05, 0) is 22.0 Å². The van der Waals surface area contributed by atoms with Gasteiger partial charge in [0.15, 0.2) is 5.82 Å². The summed E-state index contributed by atoms with van der Waals surface area (Å²) in [6.45, 7) is 0. The second-order valence-electron chi connectivity index (χ2n) is 2.24. The van der Waals surface area contributed by atoms with Gasteiger partial charge in [-0.1, -0.05) is 11.6 Å². The molecule has 0 saturated heterocycles. The first-order valence-electron chi connectivity index (χ1n) is 3.03. The van der Waals surface area contributed by atoms with E-state index in [0.29, 0.717) is 6.07 Å². The van der Waals surface area contributed by atoms with Crippen LogP contribution < -0.4 is 0 Å². The molecule has 0 unspecified atom stereocenters. The molecule has 1 rings (SSSR count). The third-order valence-electron chi connectivity index (χ3n) is 1.32. The summed E-state index contributed by atoms with van der Waals surface area (Å²) in [7, 11) is -5.28. The molecule has 0 saturated carbocycles. The molecule has 0 N–H and O–H groups in total. The molecule has 14 heavy (non-hydrogen) atoms. The predicted molar refractivity (Wildman–Crippen MR) is 47.4 cm³/mol. The van der Waals surface area contributed by atoms with Gasteiger partial charge in [-0.3, -0.25) is 0 Å². The Morgan fingerprint density at radius 1 is 1.36 bits per heavy atom. The highest BCUT2D eigenvalue weighted by atomic mass is 79.9. The molecular formula is C6HBrClF3O2S. The fourth-order valence-electron chi connectivity index (χ4n) is 0.773. The lowest BCUT2D eigenvalue weighted by Crippen LogP contribution is -2.00. The summed E-state index contributed by atoms with van der Waals surface area (Å²) in [5, 5.41) is -1.07. The molecule has 0 amide bonds. The van der Waals surface area contributed by atoms with Gasteiger partial charge in [0.1, 0.15) is 15.7 Å². The molecule has 0 bridgehead atoms. The second-order valence-corrected chi connectivity index (χ2v) is 4.75. The van der Waals surface area contributed by atoms with E-state index >= 15 is 0 Å². The van der Waals surface area contributed by atoms with Crippen molar-refractivity contribution >= 4 is 37.8 Å². The number of hydrogen-bond acceptors (Lipinski definition) is 2. The van der Waals surface area contributed by atoms with Crippen molar-refractivity contribution in [3.63, 3.8) is 0 Å². The Morgan fingerprint density at radius 2 is 1.86 bits per heavy atom. The van der Waals surface area contributed by atoms with Crippen molar-refractivity contribution < 1.29 is 21.1 Å². The Balaban J connectivity index is 3.70. The summed E-state index contributed by atoms with van der Waals surface area (Å²) in [4.78, 5) is -1.30. The van der Waals surface area contributed by atoms with E-state index in [1.807, 2.05) is 0 Å². The molecule has 8 heteroatoms. The zero-order valence-electron chi connectivity index (χ0n) is 6.19. The monoisotopic (exact) mass is 308 g/mol. The molecule has 0 aliphatic carbocycles. The fraction of sp³-hybridized carbons (Fsp3) is 0. The van der Waals surface area contributed by atoms with E-state index in [0.717, 1.165) is 0 Å². The van der Waals surface area contributed by atoms with Crippen LogP contribution in [0.15, 0.2) is 15.4 Å². The van der Waals surface area contributed by atoms with E-state index < -0.39 is 36.2 Å². The number of rotatable bonds is 1. The predicted octanol–water partition coefficient (Wildman–Crippen LogP) is 3.04. The summed E-state index contributed by atoms with van der Waals surface area (Å²) < 4.78 is 58.4. The highest BCUT2D eigenvalue weighted by molar-refractivity contribution is 9.10. The van der Waals surface area contributed by atoms with E-state index in [4.69, 9.17) is 11.6 Å². The van der Waals surface area contributed by atoms with Gasteiger partial charge in [0.25, 0.3) is 0 Å². The maximum Gasteiger partial charge on any atom is 0.336 e. The second kappa shape index (κ2) is 3.71. The Morgan fingerprint density at radius 3 is 2.29 bits per heavy atom. The fourth-order valence-corrected chi connectivity index (χ4v) is 2.54. The van der Waals surface area contributed by atoms with Crippen LogP contribution in [0.25, 0.3) is 0 Å². The molecule has 0 aromatic heterocycles. The molecule has 0 fully saturated rings. The van der Waals surface area contributed by atoms with Crippen LogP contribution in [0.3, 0.4) is 0 Å². The number of halogens is 5. The van der Waals surface area contributed by atoms with Crippen molar-refractivity contribution in [2.75, 3.05) is 0 Å². The van der Waals surface area contributed by atoms with Crippen LogP contribution in [0.2, 0.25) is 5.02 Å². The van der Waals surface area contributed by atoms with Gasteiger partial charge >= 0.3 is 10.2 Å². The van der Waals surface area contributed by atoms with Gasteiger partial charge in [0.2, 0.25) is 0 Å². The first-order valence-corrected chi connectivity index (χ1v) is 5.58. The molecule has 0 aliphatic heterocycles. The van der Waals surface area contributed by atoms with E-state index in [9.17, 15) is 21.1 Å². The van der Waals surface area contributed by atoms with E-state index in [1.54, 1.807) is 0 Å². The SMILES string of the molecule is O=S(=O)(F)c1c(Br)cc(F)c(Cl)c1F. The van der Waals surface area contributed by atoms with Crippen molar-refractivity contribution in [3.05, 3.63) is 27.2 Å². The smallest absolute Gasteiger partial charge is 0.205 e. The van der Waals surface area contributed by atoms with Crippen molar-refractivity contribution in [2.24, 2.45) is 0 Å². The van der Waals surface area contributed by atoms with Crippen LogP contribution in [0.5, 0.6) is 0 Å². The third kappa shape index (κ3) is 2.04. The van der Waals surface area contributed by atoms with Crippen molar-refractivity contribution in [2.45, 2.75) is 4.90 Å². The largest absolute Gasteiger partial charge is 0.336 e. The summed E-state index contributed by atoms with van der Waals surface area (Å²) in [5.41, 5.74) is 0. The summed E-state index contributed by atoms with van der Waals surface area (Å²) >= 11 is 7.57. The van der Waals surface area contributed by atoms with Crippen molar-refractivity contribution in [1.82, 2.24) is 0 Å². The topological polar surface area (TPSA) is 34.1 Å². The lowest BCUT2D eigenvalue weighted by atomic mass is 10.3.